The van der Waals surface area contributed by atoms with Crippen LogP contribution in [0.3, 0.4) is 0 Å². The van der Waals surface area contributed by atoms with Gasteiger partial charge in [-0.3, -0.25) is 4.90 Å². The zero-order valence-electron chi connectivity index (χ0n) is 12.9. The molecule has 4 heteroatoms. The van der Waals surface area contributed by atoms with Crippen molar-refractivity contribution in [1.29, 1.82) is 0 Å². The molecule has 3 atom stereocenters. The number of quaternary nitrogens is 1. The van der Waals surface area contributed by atoms with Crippen molar-refractivity contribution in [2.45, 2.75) is 58.7 Å². The van der Waals surface area contributed by atoms with Crippen molar-refractivity contribution >= 4 is 0 Å². The fourth-order valence-corrected chi connectivity index (χ4v) is 2.75. The summed E-state index contributed by atoms with van der Waals surface area (Å²) in [5.41, 5.74) is -0.640. The number of hydrogen-bond acceptors (Lipinski definition) is 3. The maximum Gasteiger partial charge on any atom is 0.205 e. The molecule has 2 N–H and O–H groups in total. The maximum absolute atomic E-state index is 10.1. The first-order valence-corrected chi connectivity index (χ1v) is 7.38. The van der Waals surface area contributed by atoms with Gasteiger partial charge in [0.25, 0.3) is 0 Å². The summed E-state index contributed by atoms with van der Waals surface area (Å²) >= 11 is 0. The van der Waals surface area contributed by atoms with Crippen LogP contribution >= 0.6 is 0 Å². The summed E-state index contributed by atoms with van der Waals surface area (Å²) in [6, 6.07) is 0. The van der Waals surface area contributed by atoms with E-state index in [1.54, 1.807) is 0 Å². The SMILES string of the molecule is C=CC[NH+]1CN=N[C@H]1[C@@H](CCC(C)C)CC(C)(C)O. The zero-order chi connectivity index (χ0) is 14.5. The number of aliphatic hydroxyl groups is 1. The van der Waals surface area contributed by atoms with Gasteiger partial charge in [0, 0.05) is 5.92 Å². The van der Waals surface area contributed by atoms with Gasteiger partial charge >= 0.3 is 0 Å². The van der Waals surface area contributed by atoms with E-state index in [-0.39, 0.29) is 6.17 Å². The minimum atomic E-state index is -0.640. The fraction of sp³-hybridized carbons (Fsp3) is 0.867. The van der Waals surface area contributed by atoms with E-state index >= 15 is 0 Å². The molecule has 0 fully saturated rings. The molecule has 19 heavy (non-hydrogen) atoms. The molecule has 0 bridgehead atoms. The van der Waals surface area contributed by atoms with Gasteiger partial charge in [0.2, 0.25) is 6.17 Å². The molecule has 110 valence electrons. The molecule has 0 spiro atoms. The highest BCUT2D eigenvalue weighted by molar-refractivity contribution is 4.78. The smallest absolute Gasteiger partial charge is 0.205 e. The Balaban J connectivity index is 2.70. The van der Waals surface area contributed by atoms with E-state index in [0.29, 0.717) is 11.8 Å². The molecule has 0 aromatic rings. The quantitative estimate of drug-likeness (QED) is 0.650. The van der Waals surface area contributed by atoms with Crippen LogP contribution in [0.2, 0.25) is 0 Å². The highest BCUT2D eigenvalue weighted by Crippen LogP contribution is 2.26. The summed E-state index contributed by atoms with van der Waals surface area (Å²) < 4.78 is 0. The topological polar surface area (TPSA) is 49.4 Å². The summed E-state index contributed by atoms with van der Waals surface area (Å²) in [7, 11) is 0. The Morgan fingerprint density at radius 3 is 2.63 bits per heavy atom. The van der Waals surface area contributed by atoms with Crippen molar-refractivity contribution < 1.29 is 10.0 Å². The molecule has 0 aromatic carbocycles. The van der Waals surface area contributed by atoms with Gasteiger partial charge in [0.05, 0.1) is 12.1 Å². The maximum atomic E-state index is 10.1. The monoisotopic (exact) mass is 268 g/mol. The van der Waals surface area contributed by atoms with E-state index in [0.717, 1.165) is 26.1 Å². The highest BCUT2D eigenvalue weighted by atomic mass is 16.3. The van der Waals surface area contributed by atoms with Crippen LogP contribution < -0.4 is 4.90 Å². The largest absolute Gasteiger partial charge is 0.390 e. The van der Waals surface area contributed by atoms with Crippen molar-refractivity contribution in [2.24, 2.45) is 22.1 Å². The van der Waals surface area contributed by atoms with Crippen molar-refractivity contribution in [3.05, 3.63) is 12.7 Å². The van der Waals surface area contributed by atoms with Gasteiger partial charge in [-0.1, -0.05) is 26.8 Å². The third-order valence-corrected chi connectivity index (χ3v) is 3.63. The third kappa shape index (κ3) is 5.83. The fourth-order valence-electron chi connectivity index (χ4n) is 2.75. The lowest BCUT2D eigenvalue weighted by molar-refractivity contribution is -0.913. The van der Waals surface area contributed by atoms with Gasteiger partial charge in [0.1, 0.15) is 0 Å². The Hall–Kier alpha value is -0.740. The third-order valence-electron chi connectivity index (χ3n) is 3.63. The van der Waals surface area contributed by atoms with Gasteiger partial charge in [-0.25, -0.2) is 0 Å². The predicted molar refractivity (Wildman–Crippen MR) is 78.0 cm³/mol. The summed E-state index contributed by atoms with van der Waals surface area (Å²) in [4.78, 5) is 1.35. The van der Waals surface area contributed by atoms with Gasteiger partial charge in [-0.2, -0.15) is 0 Å². The molecule has 4 nitrogen and oxygen atoms in total. The van der Waals surface area contributed by atoms with Crippen molar-refractivity contribution in [3.63, 3.8) is 0 Å². The number of rotatable bonds is 8. The van der Waals surface area contributed by atoms with Crippen LogP contribution in [-0.2, 0) is 0 Å². The van der Waals surface area contributed by atoms with E-state index in [2.05, 4.69) is 30.7 Å². The van der Waals surface area contributed by atoms with Crippen molar-refractivity contribution in [1.82, 2.24) is 0 Å². The minimum Gasteiger partial charge on any atom is -0.390 e. The summed E-state index contributed by atoms with van der Waals surface area (Å²) in [6.07, 6.45) is 5.18. The Morgan fingerprint density at radius 1 is 1.42 bits per heavy atom. The van der Waals surface area contributed by atoms with E-state index in [1.807, 2.05) is 19.9 Å². The second kappa shape index (κ2) is 7.15. The van der Waals surface area contributed by atoms with Gasteiger partial charge in [-0.15, -0.1) is 10.2 Å². The molecule has 0 saturated heterocycles. The lowest BCUT2D eigenvalue weighted by atomic mass is 9.86. The Morgan fingerprint density at radius 2 is 2.11 bits per heavy atom. The molecule has 1 heterocycles. The molecular weight excluding hydrogens is 238 g/mol. The normalized spacial score (nSPS) is 24.9. The van der Waals surface area contributed by atoms with Crippen LogP contribution in [0, 0.1) is 11.8 Å². The van der Waals surface area contributed by atoms with Crippen molar-refractivity contribution in [2.75, 3.05) is 13.2 Å². The molecule has 0 aromatic heterocycles. The zero-order valence-corrected chi connectivity index (χ0v) is 12.9. The van der Waals surface area contributed by atoms with Crippen LogP contribution in [0.1, 0.15) is 47.0 Å². The molecule has 0 saturated carbocycles. The lowest BCUT2D eigenvalue weighted by Crippen LogP contribution is -3.14. The van der Waals surface area contributed by atoms with Gasteiger partial charge in [-0.05, 0) is 38.7 Å². The first-order valence-electron chi connectivity index (χ1n) is 7.38. The summed E-state index contributed by atoms with van der Waals surface area (Å²) in [5, 5.41) is 18.8. The molecular formula is C15H30N3O+. The Labute approximate surface area is 117 Å². The molecule has 0 amide bonds. The number of nitrogens with zero attached hydrogens (tertiary/aromatic N) is 2. The Bertz CT molecular complexity index is 307. The minimum absolute atomic E-state index is 0.183. The standard InChI is InChI=1S/C15H29N3O/c1-6-9-18-11-16-17-14(18)13(8-7-12(2)3)10-15(4,5)19/h6,12-14,19H,1,7-11H2,2-5H3/p+1/t13-,14+/m0/s1. The number of azo groups is 1. The number of nitrogens with one attached hydrogen (secondary N) is 1. The molecule has 1 aliphatic heterocycles. The highest BCUT2D eigenvalue weighted by Gasteiger charge is 2.36. The van der Waals surface area contributed by atoms with Gasteiger partial charge in [0.15, 0.2) is 6.67 Å². The van der Waals surface area contributed by atoms with Crippen LogP contribution in [-0.4, -0.2) is 30.1 Å². The molecule has 1 aliphatic rings. The molecule has 1 unspecified atom stereocenters. The molecule has 0 radical (unpaired) electrons. The van der Waals surface area contributed by atoms with Crippen LogP contribution in [0.15, 0.2) is 22.9 Å². The van der Waals surface area contributed by atoms with Crippen LogP contribution in [0.25, 0.3) is 0 Å². The van der Waals surface area contributed by atoms with Crippen LogP contribution in [0.4, 0.5) is 0 Å². The van der Waals surface area contributed by atoms with Crippen molar-refractivity contribution in [3.8, 4) is 0 Å². The lowest BCUT2D eigenvalue weighted by Gasteiger charge is -2.30. The molecule has 0 aliphatic carbocycles. The predicted octanol–water partition coefficient (Wildman–Crippen LogP) is 2.02. The second-order valence-electron chi connectivity index (χ2n) is 6.76. The van der Waals surface area contributed by atoms with Gasteiger partial charge < -0.3 is 5.11 Å². The first-order chi connectivity index (χ1) is 8.83. The second-order valence-corrected chi connectivity index (χ2v) is 6.76. The van der Waals surface area contributed by atoms with E-state index in [9.17, 15) is 5.11 Å². The van der Waals surface area contributed by atoms with E-state index < -0.39 is 5.60 Å². The average molecular weight is 268 g/mol. The van der Waals surface area contributed by atoms with E-state index in [4.69, 9.17) is 0 Å². The average Bonchev–Trinajstić information content (AvgIpc) is 2.71. The van der Waals surface area contributed by atoms with E-state index in [1.165, 1.54) is 11.3 Å². The first kappa shape index (κ1) is 16.3. The summed E-state index contributed by atoms with van der Waals surface area (Å²) in [6.45, 7) is 13.7. The van der Waals surface area contributed by atoms with Crippen LogP contribution in [0.5, 0.6) is 0 Å². The Kier molecular flexibility index (Phi) is 6.14. The number of hydrogen-bond donors (Lipinski definition) is 2. The summed E-state index contributed by atoms with van der Waals surface area (Å²) in [5.74, 6) is 1.08. The molecule has 1 rings (SSSR count).